The molecule has 1 aliphatic rings. The molecule has 0 bridgehead atoms. The van der Waals surface area contributed by atoms with Crippen LogP contribution in [0, 0.1) is 5.92 Å². The Balaban J connectivity index is 1.56. The molecule has 160 valence electrons. The fraction of sp³-hybridized carbons (Fsp3) is 0.440. The van der Waals surface area contributed by atoms with Gasteiger partial charge in [-0.2, -0.15) is 5.10 Å². The summed E-state index contributed by atoms with van der Waals surface area (Å²) in [6, 6.07) is 14.1. The van der Waals surface area contributed by atoms with Gasteiger partial charge in [-0.3, -0.25) is 4.79 Å². The number of carbonyl (C=O) groups excluding carboxylic acids is 1. The van der Waals surface area contributed by atoms with Crippen LogP contribution in [0.2, 0.25) is 0 Å². The number of aromatic hydroxyl groups is 1. The summed E-state index contributed by atoms with van der Waals surface area (Å²) in [6.45, 7) is 12.5. The highest BCUT2D eigenvalue weighted by Gasteiger charge is 2.44. The third kappa shape index (κ3) is 5.02. The van der Waals surface area contributed by atoms with E-state index in [1.54, 1.807) is 6.07 Å². The van der Waals surface area contributed by atoms with Crippen LogP contribution in [-0.4, -0.2) is 30.3 Å². The lowest BCUT2D eigenvalue weighted by Crippen LogP contribution is -2.21. The molecule has 1 fully saturated rings. The number of nitrogens with one attached hydrogen (secondary N) is 1. The number of benzene rings is 2. The van der Waals surface area contributed by atoms with E-state index in [4.69, 9.17) is 0 Å². The van der Waals surface area contributed by atoms with E-state index in [9.17, 15) is 9.90 Å². The van der Waals surface area contributed by atoms with Gasteiger partial charge >= 0.3 is 0 Å². The average molecular weight is 408 g/mol. The van der Waals surface area contributed by atoms with Gasteiger partial charge in [0.15, 0.2) is 0 Å². The normalized spacial score (nSPS) is 18.4. The number of rotatable bonds is 7. The molecular formula is C25H33N3O2. The molecule has 0 heterocycles. The Labute approximate surface area is 179 Å². The molecule has 0 radical (unpaired) electrons. The Morgan fingerprint density at radius 1 is 1.17 bits per heavy atom. The van der Waals surface area contributed by atoms with Crippen molar-refractivity contribution in [1.82, 2.24) is 5.43 Å². The minimum atomic E-state index is -0.0737. The molecule has 0 aliphatic heterocycles. The molecule has 5 heteroatoms. The highest BCUT2D eigenvalue weighted by molar-refractivity contribution is 5.87. The summed E-state index contributed by atoms with van der Waals surface area (Å²) in [5.74, 6) is 0.299. The Morgan fingerprint density at radius 3 is 2.40 bits per heavy atom. The molecule has 0 aromatic heterocycles. The summed E-state index contributed by atoms with van der Waals surface area (Å²) in [6.07, 6.45) is 2.34. The SMILES string of the molecule is CCN(CC)c1ccc(/C=N\NC(=O)[C@@H]2C[C@@H]2c2ccc(C(C)(C)C)cc2)c(O)c1. The van der Waals surface area contributed by atoms with Crippen molar-refractivity contribution in [3.05, 3.63) is 59.2 Å². The number of phenols is 1. The van der Waals surface area contributed by atoms with E-state index >= 15 is 0 Å². The highest BCUT2D eigenvalue weighted by Crippen LogP contribution is 2.47. The van der Waals surface area contributed by atoms with Crippen molar-refractivity contribution in [2.24, 2.45) is 11.0 Å². The number of phenolic OH excluding ortho intramolecular Hbond substituents is 1. The van der Waals surface area contributed by atoms with Gasteiger partial charge in [0.1, 0.15) is 5.75 Å². The number of hydrogen-bond acceptors (Lipinski definition) is 4. The van der Waals surface area contributed by atoms with Gasteiger partial charge in [0.2, 0.25) is 5.91 Å². The van der Waals surface area contributed by atoms with E-state index in [2.05, 4.69) is 74.3 Å². The fourth-order valence-corrected chi connectivity index (χ4v) is 3.76. The topological polar surface area (TPSA) is 64.9 Å². The smallest absolute Gasteiger partial charge is 0.243 e. The van der Waals surface area contributed by atoms with Crippen LogP contribution in [0.5, 0.6) is 5.75 Å². The molecule has 1 aliphatic carbocycles. The highest BCUT2D eigenvalue weighted by atomic mass is 16.3. The first kappa shape index (κ1) is 21.9. The van der Waals surface area contributed by atoms with E-state index in [1.165, 1.54) is 17.3 Å². The van der Waals surface area contributed by atoms with E-state index < -0.39 is 0 Å². The number of hydrazone groups is 1. The lowest BCUT2D eigenvalue weighted by Gasteiger charge is -2.21. The first-order valence-corrected chi connectivity index (χ1v) is 10.8. The van der Waals surface area contributed by atoms with Crippen LogP contribution >= 0.6 is 0 Å². The van der Waals surface area contributed by atoms with Crippen LogP contribution < -0.4 is 10.3 Å². The Bertz CT molecular complexity index is 909. The first-order valence-electron chi connectivity index (χ1n) is 10.8. The van der Waals surface area contributed by atoms with Crippen molar-refractivity contribution in [1.29, 1.82) is 0 Å². The summed E-state index contributed by atoms with van der Waals surface area (Å²) in [5.41, 5.74) is 6.80. The first-order chi connectivity index (χ1) is 14.2. The van der Waals surface area contributed by atoms with Crippen LogP contribution in [-0.2, 0) is 10.2 Å². The number of carbonyl (C=O) groups is 1. The molecule has 0 spiro atoms. The molecule has 0 saturated heterocycles. The lowest BCUT2D eigenvalue weighted by atomic mass is 9.86. The maximum absolute atomic E-state index is 12.4. The Hall–Kier alpha value is -2.82. The molecule has 2 atom stereocenters. The lowest BCUT2D eigenvalue weighted by molar-refractivity contribution is -0.122. The number of nitrogens with zero attached hydrogens (tertiary/aromatic N) is 2. The largest absolute Gasteiger partial charge is 0.507 e. The van der Waals surface area contributed by atoms with Crippen molar-refractivity contribution in [3.63, 3.8) is 0 Å². The van der Waals surface area contributed by atoms with Gasteiger partial charge in [0, 0.05) is 36.3 Å². The zero-order valence-electron chi connectivity index (χ0n) is 18.6. The maximum Gasteiger partial charge on any atom is 0.243 e. The maximum atomic E-state index is 12.4. The van der Waals surface area contributed by atoms with Gasteiger partial charge in [-0.25, -0.2) is 5.43 Å². The van der Waals surface area contributed by atoms with Crippen molar-refractivity contribution in [2.45, 2.75) is 52.4 Å². The van der Waals surface area contributed by atoms with Crippen molar-refractivity contribution >= 4 is 17.8 Å². The molecule has 3 rings (SSSR count). The van der Waals surface area contributed by atoms with Crippen LogP contribution in [0.15, 0.2) is 47.6 Å². The molecule has 30 heavy (non-hydrogen) atoms. The second-order valence-corrected chi connectivity index (χ2v) is 8.97. The van der Waals surface area contributed by atoms with Gasteiger partial charge in [0.25, 0.3) is 0 Å². The van der Waals surface area contributed by atoms with Gasteiger partial charge < -0.3 is 10.0 Å². The third-order valence-corrected chi connectivity index (χ3v) is 5.85. The predicted molar refractivity (Wildman–Crippen MR) is 123 cm³/mol. The van der Waals surface area contributed by atoms with E-state index in [0.717, 1.165) is 25.2 Å². The molecule has 0 unspecified atom stereocenters. The molecule has 5 nitrogen and oxygen atoms in total. The Morgan fingerprint density at radius 2 is 1.83 bits per heavy atom. The minimum absolute atomic E-state index is 0.0405. The van der Waals surface area contributed by atoms with Crippen molar-refractivity contribution < 1.29 is 9.90 Å². The number of hydrogen-bond donors (Lipinski definition) is 2. The van der Waals surface area contributed by atoms with Crippen LogP contribution in [0.25, 0.3) is 0 Å². The van der Waals surface area contributed by atoms with Crippen LogP contribution in [0.4, 0.5) is 5.69 Å². The second kappa shape index (κ2) is 8.90. The molecule has 1 saturated carbocycles. The van der Waals surface area contributed by atoms with Gasteiger partial charge in [-0.05, 0) is 54.9 Å². The predicted octanol–water partition coefficient (Wildman–Crippen LogP) is 4.79. The average Bonchev–Trinajstić information content (AvgIpc) is 3.51. The van der Waals surface area contributed by atoms with Gasteiger partial charge in [-0.15, -0.1) is 0 Å². The Kier molecular flexibility index (Phi) is 6.49. The summed E-state index contributed by atoms with van der Waals surface area (Å²) in [5, 5.41) is 14.3. The standard InChI is InChI=1S/C25H33N3O2/c1-6-28(7-2)20-13-10-18(23(29)14-20)16-26-27-24(30)22-15-21(22)17-8-11-19(12-9-17)25(3,4)5/h8-14,16,21-22,29H,6-7,15H2,1-5H3,(H,27,30)/b26-16-/t21-,22-/m1/s1. The van der Waals surface area contributed by atoms with E-state index in [0.29, 0.717) is 5.56 Å². The zero-order chi connectivity index (χ0) is 21.9. The number of anilines is 1. The minimum Gasteiger partial charge on any atom is -0.507 e. The quantitative estimate of drug-likeness (QED) is 0.512. The second-order valence-electron chi connectivity index (χ2n) is 8.97. The number of amides is 1. The van der Waals surface area contributed by atoms with Crippen molar-refractivity contribution in [3.8, 4) is 5.75 Å². The van der Waals surface area contributed by atoms with Crippen LogP contribution in [0.3, 0.4) is 0 Å². The monoisotopic (exact) mass is 407 g/mol. The van der Waals surface area contributed by atoms with Gasteiger partial charge in [0.05, 0.1) is 6.21 Å². The summed E-state index contributed by atoms with van der Waals surface area (Å²) >= 11 is 0. The molecule has 2 aromatic carbocycles. The fourth-order valence-electron chi connectivity index (χ4n) is 3.76. The van der Waals surface area contributed by atoms with Gasteiger partial charge in [-0.1, -0.05) is 45.0 Å². The molecule has 1 amide bonds. The van der Waals surface area contributed by atoms with Crippen molar-refractivity contribution in [2.75, 3.05) is 18.0 Å². The third-order valence-electron chi connectivity index (χ3n) is 5.85. The van der Waals surface area contributed by atoms with E-state index in [-0.39, 0.29) is 28.9 Å². The summed E-state index contributed by atoms with van der Waals surface area (Å²) < 4.78 is 0. The molecule has 2 N–H and O–H groups in total. The summed E-state index contributed by atoms with van der Waals surface area (Å²) in [4.78, 5) is 14.6. The van der Waals surface area contributed by atoms with Crippen LogP contribution in [0.1, 0.15) is 63.6 Å². The zero-order valence-corrected chi connectivity index (χ0v) is 18.6. The van der Waals surface area contributed by atoms with E-state index in [1.807, 2.05) is 12.1 Å². The molecular weight excluding hydrogens is 374 g/mol. The summed E-state index contributed by atoms with van der Waals surface area (Å²) in [7, 11) is 0. The molecule has 2 aromatic rings.